The lowest BCUT2D eigenvalue weighted by molar-refractivity contribution is -0.384. The quantitative estimate of drug-likeness (QED) is 0.217. The Morgan fingerprint density at radius 2 is 1.83 bits per heavy atom. The number of benzene rings is 1. The van der Waals surface area contributed by atoms with Crippen LogP contribution in [-0.2, 0) is 18.6 Å². The summed E-state index contributed by atoms with van der Waals surface area (Å²) < 4.78 is 65.8. The van der Waals surface area contributed by atoms with Gasteiger partial charge in [0.05, 0.1) is 17.0 Å². The predicted octanol–water partition coefficient (Wildman–Crippen LogP) is 5.26. The number of rotatable bonds is 9. The first-order chi connectivity index (χ1) is 14.0. The van der Waals surface area contributed by atoms with Crippen molar-refractivity contribution in [2.45, 2.75) is 51.3 Å². The summed E-state index contributed by atoms with van der Waals surface area (Å²) in [6.45, 7) is -0.463. The second-order valence-electron chi connectivity index (χ2n) is 7.12. The van der Waals surface area contributed by atoms with Gasteiger partial charge >= 0.3 is 19.7 Å². The lowest BCUT2D eigenvalue weighted by atomic mass is 9.98. The molecular formula is C18H23F3NO7P. The van der Waals surface area contributed by atoms with Crippen LogP contribution in [0, 0.1) is 16.0 Å². The third-order valence-electron chi connectivity index (χ3n) is 4.45. The zero-order chi connectivity index (χ0) is 22.4. The lowest BCUT2D eigenvalue weighted by Gasteiger charge is -2.25. The van der Waals surface area contributed by atoms with Crippen molar-refractivity contribution in [2.24, 2.45) is 5.92 Å². The van der Waals surface area contributed by atoms with Crippen molar-refractivity contribution in [1.82, 2.24) is 0 Å². The van der Waals surface area contributed by atoms with E-state index >= 15 is 0 Å². The molecule has 1 aliphatic carbocycles. The average molecular weight is 453 g/mol. The van der Waals surface area contributed by atoms with E-state index in [1.54, 1.807) is 0 Å². The summed E-state index contributed by atoms with van der Waals surface area (Å²) in [4.78, 5) is 22.3. The lowest BCUT2D eigenvalue weighted by Crippen LogP contribution is -2.27. The van der Waals surface area contributed by atoms with Crippen molar-refractivity contribution >= 4 is 19.3 Å². The number of nitro groups is 1. The smallest absolute Gasteiger partial charge is 0.412 e. The molecular weight excluding hydrogens is 430 g/mol. The van der Waals surface area contributed by atoms with Gasteiger partial charge in [-0.15, -0.1) is 0 Å². The third-order valence-corrected chi connectivity index (χ3v) is 6.46. The molecule has 0 spiro atoms. The highest BCUT2D eigenvalue weighted by atomic mass is 31.2. The maximum Gasteiger partial charge on any atom is 0.412 e. The summed E-state index contributed by atoms with van der Waals surface area (Å²) in [6, 6.07) is 4.27. The maximum absolute atomic E-state index is 13.0. The molecule has 0 bridgehead atoms. The number of non-ortho nitro benzene ring substituents is 1. The van der Waals surface area contributed by atoms with Gasteiger partial charge in [-0.25, -0.2) is 4.57 Å². The zero-order valence-electron chi connectivity index (χ0n) is 16.3. The molecule has 1 saturated carbocycles. The van der Waals surface area contributed by atoms with E-state index in [0.29, 0.717) is 12.8 Å². The number of hydrogen-bond acceptors (Lipinski definition) is 7. The van der Waals surface area contributed by atoms with Crippen LogP contribution in [0.5, 0.6) is 5.75 Å². The summed E-state index contributed by atoms with van der Waals surface area (Å²) in [5.41, 5.74) is -0.280. The van der Waals surface area contributed by atoms with Gasteiger partial charge in [0.25, 0.3) is 5.69 Å². The van der Waals surface area contributed by atoms with Gasteiger partial charge in [-0.3, -0.25) is 19.4 Å². The molecule has 2 rings (SSSR count). The molecule has 168 valence electrons. The van der Waals surface area contributed by atoms with Gasteiger partial charge in [-0.1, -0.05) is 13.3 Å². The molecule has 1 aliphatic rings. The number of carbonyl (C=O) groups excluding carboxylic acids is 1. The van der Waals surface area contributed by atoms with E-state index in [1.807, 2.05) is 0 Å². The number of esters is 1. The zero-order valence-corrected chi connectivity index (χ0v) is 17.2. The second-order valence-corrected chi connectivity index (χ2v) is 9.15. The van der Waals surface area contributed by atoms with Gasteiger partial charge in [-0.2, -0.15) is 13.2 Å². The predicted molar refractivity (Wildman–Crippen MR) is 100 cm³/mol. The van der Waals surface area contributed by atoms with Crippen LogP contribution in [0.25, 0.3) is 0 Å². The molecule has 12 heteroatoms. The van der Waals surface area contributed by atoms with Gasteiger partial charge < -0.3 is 9.26 Å². The van der Waals surface area contributed by atoms with E-state index in [1.165, 1.54) is 6.92 Å². The molecule has 0 radical (unpaired) electrons. The number of carbonyl (C=O) groups is 1. The van der Waals surface area contributed by atoms with Gasteiger partial charge in [0, 0.05) is 12.1 Å². The van der Waals surface area contributed by atoms with Crippen LogP contribution in [0.15, 0.2) is 24.3 Å². The van der Waals surface area contributed by atoms with E-state index < -0.39 is 43.4 Å². The number of halogens is 3. The highest BCUT2D eigenvalue weighted by Gasteiger charge is 2.38. The number of nitro benzene ring substituents is 1. The van der Waals surface area contributed by atoms with Crippen LogP contribution in [0.2, 0.25) is 0 Å². The fraction of sp³-hybridized carbons (Fsp3) is 0.611. The fourth-order valence-corrected chi connectivity index (χ4v) is 4.79. The molecule has 0 amide bonds. The van der Waals surface area contributed by atoms with Crippen molar-refractivity contribution in [2.75, 3.05) is 12.8 Å². The molecule has 0 saturated heterocycles. The van der Waals surface area contributed by atoms with E-state index in [-0.39, 0.29) is 17.5 Å². The van der Waals surface area contributed by atoms with Crippen molar-refractivity contribution in [3.05, 3.63) is 34.4 Å². The number of ether oxygens (including phenoxy) is 1. The van der Waals surface area contributed by atoms with Gasteiger partial charge in [0.2, 0.25) is 0 Å². The Morgan fingerprint density at radius 1 is 1.23 bits per heavy atom. The Kier molecular flexibility index (Phi) is 8.25. The van der Waals surface area contributed by atoms with E-state index in [4.69, 9.17) is 9.26 Å². The molecule has 2 atom stereocenters. The molecule has 1 unspecified atom stereocenters. The molecule has 0 N–H and O–H groups in total. The number of hydrogen-bond donors (Lipinski definition) is 0. The summed E-state index contributed by atoms with van der Waals surface area (Å²) in [7, 11) is -4.43. The van der Waals surface area contributed by atoms with Crippen LogP contribution in [0.3, 0.4) is 0 Å². The highest BCUT2D eigenvalue weighted by molar-refractivity contribution is 7.54. The molecule has 0 aromatic heterocycles. The Hall–Kier alpha value is -2.13. The van der Waals surface area contributed by atoms with Crippen LogP contribution < -0.4 is 4.52 Å². The van der Waals surface area contributed by atoms with Gasteiger partial charge in [0.15, 0.2) is 6.61 Å². The highest BCUT2D eigenvalue weighted by Crippen LogP contribution is 2.51. The Bertz CT molecular complexity index is 779. The monoisotopic (exact) mass is 453 g/mol. The summed E-state index contributed by atoms with van der Waals surface area (Å²) in [6.07, 6.45) is -1.36. The summed E-state index contributed by atoms with van der Waals surface area (Å²) in [5, 5.41) is 10.7. The fourth-order valence-electron chi connectivity index (χ4n) is 2.95. The molecule has 1 aromatic carbocycles. The molecule has 1 fully saturated rings. The topological polar surface area (TPSA) is 105 Å². The van der Waals surface area contributed by atoms with Crippen LogP contribution in [0.4, 0.5) is 18.9 Å². The Balaban J connectivity index is 2.08. The first-order valence-electron chi connectivity index (χ1n) is 9.42. The second kappa shape index (κ2) is 10.3. The Labute approximate surface area is 171 Å². The maximum atomic E-state index is 13.0. The number of alkyl halides is 3. The largest absolute Gasteiger partial charge is 0.462 e. The normalized spacial score (nSPS) is 18.3. The first kappa shape index (κ1) is 24.1. The van der Waals surface area contributed by atoms with Crippen LogP contribution >= 0.6 is 7.60 Å². The summed E-state index contributed by atoms with van der Waals surface area (Å²) in [5.74, 6) is -1.91. The SMILES string of the molecule is C[C@H](CP(=O)(OCC(F)(F)F)Oc1ccc([N+](=O)[O-])cc1)C(=O)OC1CCCCC1. The molecule has 1 aromatic rings. The average Bonchev–Trinajstić information content (AvgIpc) is 2.67. The van der Waals surface area contributed by atoms with Crippen molar-refractivity contribution in [1.29, 1.82) is 0 Å². The van der Waals surface area contributed by atoms with E-state index in [9.17, 15) is 32.6 Å². The molecule has 0 heterocycles. The van der Waals surface area contributed by atoms with Crippen LogP contribution in [0.1, 0.15) is 39.0 Å². The standard InChI is InChI=1S/C18H23F3NO7P/c1-13(17(23)28-15-5-3-2-4-6-15)11-30(26,27-12-18(19,20)21)29-16-9-7-14(8-10-16)22(24)25/h7-10,13,15H,2-6,11-12H2,1H3/t13-,30?/m1/s1. The molecule has 8 nitrogen and oxygen atoms in total. The minimum atomic E-state index is -4.76. The minimum absolute atomic E-state index is 0.182. The van der Waals surface area contributed by atoms with Crippen molar-refractivity contribution < 1.29 is 41.2 Å². The molecule has 30 heavy (non-hydrogen) atoms. The Morgan fingerprint density at radius 3 is 2.37 bits per heavy atom. The minimum Gasteiger partial charge on any atom is -0.462 e. The van der Waals surface area contributed by atoms with Crippen molar-refractivity contribution in [3.8, 4) is 5.75 Å². The number of nitrogens with zero attached hydrogens (tertiary/aromatic N) is 1. The van der Waals surface area contributed by atoms with E-state index in [0.717, 1.165) is 43.5 Å². The molecule has 0 aliphatic heterocycles. The first-order valence-corrected chi connectivity index (χ1v) is 11.1. The van der Waals surface area contributed by atoms with Gasteiger partial charge in [0.1, 0.15) is 11.9 Å². The van der Waals surface area contributed by atoms with Gasteiger partial charge in [-0.05, 0) is 37.8 Å². The van der Waals surface area contributed by atoms with Crippen molar-refractivity contribution in [3.63, 3.8) is 0 Å². The van der Waals surface area contributed by atoms with E-state index in [2.05, 4.69) is 4.52 Å². The summed E-state index contributed by atoms with van der Waals surface area (Å²) >= 11 is 0. The van der Waals surface area contributed by atoms with Crippen LogP contribution in [-0.4, -0.2) is 35.9 Å². The third kappa shape index (κ3) is 7.95.